The summed E-state index contributed by atoms with van der Waals surface area (Å²) in [4.78, 5) is 0. The van der Waals surface area contributed by atoms with Gasteiger partial charge >= 0.3 is 0 Å². The van der Waals surface area contributed by atoms with Crippen LogP contribution < -0.4 is 0 Å². The number of hydrogen-bond donors (Lipinski definition) is 0. The van der Waals surface area contributed by atoms with E-state index in [1.165, 1.54) is 19.3 Å². The quantitative estimate of drug-likeness (QED) is 0.535. The van der Waals surface area contributed by atoms with Crippen LogP contribution in [0.5, 0.6) is 0 Å². The van der Waals surface area contributed by atoms with Gasteiger partial charge in [0.05, 0.1) is 0 Å². The molecule has 0 N–H and O–H groups in total. The van der Waals surface area contributed by atoms with Crippen LogP contribution in [0.2, 0.25) is 0 Å². The van der Waals surface area contributed by atoms with Gasteiger partial charge in [0.25, 0.3) is 0 Å². The second-order valence-corrected chi connectivity index (χ2v) is 11.9. The third-order valence-corrected chi connectivity index (χ3v) is 12.9. The molecular weight excluding hydrogens is 254 g/mol. The van der Waals surface area contributed by atoms with Crippen LogP contribution in [0.4, 0.5) is 0 Å². The zero-order chi connectivity index (χ0) is 13.0. The first-order chi connectivity index (χ1) is 8.80. The maximum Gasteiger partial charge on any atom is -0.0209 e. The van der Waals surface area contributed by atoms with Crippen molar-refractivity contribution in [2.75, 3.05) is 18.5 Å². The van der Waals surface area contributed by atoms with Crippen molar-refractivity contribution in [3.8, 4) is 0 Å². The maximum atomic E-state index is 2.44. The summed E-state index contributed by atoms with van der Waals surface area (Å²) in [5.41, 5.74) is 3.43. The highest BCUT2D eigenvalue weighted by Gasteiger charge is 2.34. The average molecular weight is 286 g/mol. The minimum atomic E-state index is 0.404. The van der Waals surface area contributed by atoms with Crippen molar-refractivity contribution in [2.45, 2.75) is 82.7 Å². The SMILES string of the molecule is CCC1CC[C@@H](CC)P1CCP1CCC[C@H]1CC. The zero-order valence-corrected chi connectivity index (χ0v) is 14.5. The molecule has 0 aliphatic carbocycles. The molecule has 0 bridgehead atoms. The van der Waals surface area contributed by atoms with Crippen LogP contribution in [0.3, 0.4) is 0 Å². The smallest absolute Gasteiger partial charge is 0.0209 e. The van der Waals surface area contributed by atoms with Gasteiger partial charge in [-0.1, -0.05) is 20.8 Å². The molecule has 2 fully saturated rings. The standard InChI is InChI=1S/C16H32P2/c1-4-14-8-7-11-17(14)12-13-18-15(5-2)9-10-16(18)6-3/h14-16H,4-13H2,1-3H3/t14-,15-,16?,17?,18?/m1/s1. The topological polar surface area (TPSA) is 0 Å². The molecule has 0 aromatic rings. The first kappa shape index (κ1) is 15.3. The first-order valence-corrected chi connectivity index (χ1v) is 11.7. The van der Waals surface area contributed by atoms with E-state index in [0.717, 1.165) is 17.0 Å². The molecule has 0 aromatic carbocycles. The van der Waals surface area contributed by atoms with Crippen LogP contribution >= 0.6 is 15.8 Å². The van der Waals surface area contributed by atoms with Crippen LogP contribution in [0.15, 0.2) is 0 Å². The lowest BCUT2D eigenvalue weighted by Crippen LogP contribution is -2.09. The highest BCUT2D eigenvalue weighted by atomic mass is 31.1. The van der Waals surface area contributed by atoms with Gasteiger partial charge < -0.3 is 0 Å². The minimum absolute atomic E-state index is 0.404. The van der Waals surface area contributed by atoms with E-state index in [2.05, 4.69) is 20.8 Å². The van der Waals surface area contributed by atoms with E-state index in [1.807, 2.05) is 0 Å². The van der Waals surface area contributed by atoms with Crippen LogP contribution in [-0.4, -0.2) is 35.5 Å². The Morgan fingerprint density at radius 2 is 1.39 bits per heavy atom. The summed E-state index contributed by atoms with van der Waals surface area (Å²) < 4.78 is 0. The Labute approximate surface area is 117 Å². The van der Waals surface area contributed by atoms with Gasteiger partial charge in [-0.15, -0.1) is 15.8 Å². The Balaban J connectivity index is 1.83. The lowest BCUT2D eigenvalue weighted by Gasteiger charge is -2.27. The van der Waals surface area contributed by atoms with Gasteiger partial charge in [0, 0.05) is 0 Å². The fourth-order valence-electron chi connectivity index (χ4n) is 4.15. The predicted octanol–water partition coefficient (Wildman–Crippen LogP) is 5.87. The second kappa shape index (κ2) is 7.59. The molecule has 3 unspecified atom stereocenters. The molecule has 2 rings (SSSR count). The van der Waals surface area contributed by atoms with E-state index in [1.54, 1.807) is 44.2 Å². The molecular formula is C16H32P2. The summed E-state index contributed by atoms with van der Waals surface area (Å²) in [6.07, 6.45) is 15.6. The van der Waals surface area contributed by atoms with Gasteiger partial charge in [-0.3, -0.25) is 0 Å². The Morgan fingerprint density at radius 3 is 1.94 bits per heavy atom. The molecule has 5 atom stereocenters. The molecule has 2 aliphatic rings. The van der Waals surface area contributed by atoms with Crippen molar-refractivity contribution >= 4 is 15.8 Å². The lowest BCUT2D eigenvalue weighted by atomic mass is 10.1. The number of rotatable bonds is 6. The van der Waals surface area contributed by atoms with Gasteiger partial charge in [-0.05, 0) is 80.4 Å². The Kier molecular flexibility index (Phi) is 6.43. The van der Waals surface area contributed by atoms with Gasteiger partial charge in [0.1, 0.15) is 0 Å². The van der Waals surface area contributed by atoms with E-state index < -0.39 is 0 Å². The van der Waals surface area contributed by atoms with Crippen molar-refractivity contribution < 1.29 is 0 Å². The molecule has 2 heteroatoms. The second-order valence-electron chi connectivity index (χ2n) is 6.18. The highest BCUT2D eigenvalue weighted by molar-refractivity contribution is 7.63. The van der Waals surface area contributed by atoms with Crippen molar-refractivity contribution in [3.05, 3.63) is 0 Å². The maximum absolute atomic E-state index is 2.44. The molecule has 2 aliphatic heterocycles. The van der Waals surface area contributed by atoms with Crippen molar-refractivity contribution in [1.82, 2.24) is 0 Å². The molecule has 0 nitrogen and oxygen atoms in total. The van der Waals surface area contributed by atoms with Gasteiger partial charge in [-0.2, -0.15) is 0 Å². The van der Waals surface area contributed by atoms with E-state index in [-0.39, 0.29) is 0 Å². The first-order valence-electron chi connectivity index (χ1n) is 8.29. The molecule has 18 heavy (non-hydrogen) atoms. The molecule has 0 saturated carbocycles. The molecule has 0 aromatic heterocycles. The highest BCUT2D eigenvalue weighted by Crippen LogP contribution is 2.61. The van der Waals surface area contributed by atoms with E-state index >= 15 is 0 Å². The molecule has 0 amide bonds. The summed E-state index contributed by atoms with van der Waals surface area (Å²) in [6, 6.07) is 0. The summed E-state index contributed by atoms with van der Waals surface area (Å²) in [6.45, 7) is 7.30. The molecule has 0 radical (unpaired) electrons. The van der Waals surface area contributed by atoms with Crippen molar-refractivity contribution in [2.24, 2.45) is 0 Å². The van der Waals surface area contributed by atoms with Crippen LogP contribution in [0.1, 0.15) is 65.7 Å². The van der Waals surface area contributed by atoms with Gasteiger partial charge in [-0.25, -0.2) is 0 Å². The summed E-state index contributed by atoms with van der Waals surface area (Å²) >= 11 is 0. The largest absolute Gasteiger partial charge is 0.103 e. The van der Waals surface area contributed by atoms with Crippen LogP contribution in [-0.2, 0) is 0 Å². The summed E-state index contributed by atoms with van der Waals surface area (Å²) in [5.74, 6) is 0. The summed E-state index contributed by atoms with van der Waals surface area (Å²) in [7, 11) is 0.847. The average Bonchev–Trinajstić information content (AvgIpc) is 3.01. The van der Waals surface area contributed by atoms with Gasteiger partial charge in [0.2, 0.25) is 0 Å². The fourth-order valence-corrected chi connectivity index (χ4v) is 11.9. The predicted molar refractivity (Wildman–Crippen MR) is 89.1 cm³/mol. The monoisotopic (exact) mass is 286 g/mol. The van der Waals surface area contributed by atoms with E-state index in [4.69, 9.17) is 0 Å². The third kappa shape index (κ3) is 3.49. The Bertz CT molecular complexity index is 229. The Morgan fingerprint density at radius 1 is 0.778 bits per heavy atom. The van der Waals surface area contributed by atoms with E-state index in [0.29, 0.717) is 15.8 Å². The Hall–Kier alpha value is 0.860. The summed E-state index contributed by atoms with van der Waals surface area (Å²) in [5, 5.41) is 0. The van der Waals surface area contributed by atoms with E-state index in [9.17, 15) is 0 Å². The lowest BCUT2D eigenvalue weighted by molar-refractivity contribution is 0.696. The number of hydrogen-bond acceptors (Lipinski definition) is 0. The van der Waals surface area contributed by atoms with Crippen molar-refractivity contribution in [3.63, 3.8) is 0 Å². The molecule has 2 saturated heterocycles. The normalized spacial score (nSPS) is 40.5. The minimum Gasteiger partial charge on any atom is -0.103 e. The fraction of sp³-hybridized carbons (Fsp3) is 1.00. The zero-order valence-electron chi connectivity index (χ0n) is 12.7. The molecule has 106 valence electrons. The van der Waals surface area contributed by atoms with Crippen molar-refractivity contribution in [1.29, 1.82) is 0 Å². The molecule has 0 spiro atoms. The van der Waals surface area contributed by atoms with Crippen LogP contribution in [0, 0.1) is 0 Å². The molecule has 2 heterocycles. The third-order valence-electron chi connectivity index (χ3n) is 5.33. The van der Waals surface area contributed by atoms with Gasteiger partial charge in [0.15, 0.2) is 0 Å². The van der Waals surface area contributed by atoms with Crippen LogP contribution in [0.25, 0.3) is 0 Å².